The van der Waals surface area contributed by atoms with Crippen molar-refractivity contribution in [1.82, 2.24) is 15.3 Å². The van der Waals surface area contributed by atoms with Crippen LogP contribution in [0.1, 0.15) is 27.9 Å². The minimum absolute atomic E-state index is 0.193. The quantitative estimate of drug-likeness (QED) is 0.834. The molecule has 0 saturated carbocycles. The predicted octanol–water partition coefficient (Wildman–Crippen LogP) is 1.24. The Labute approximate surface area is 120 Å². The van der Waals surface area contributed by atoms with Crippen LogP contribution in [0.3, 0.4) is 0 Å². The van der Waals surface area contributed by atoms with Crippen molar-refractivity contribution in [2.45, 2.75) is 18.8 Å². The van der Waals surface area contributed by atoms with Crippen molar-refractivity contribution in [3.8, 4) is 0 Å². The summed E-state index contributed by atoms with van der Waals surface area (Å²) in [4.78, 5) is 35.2. The van der Waals surface area contributed by atoms with E-state index in [0.717, 1.165) is 11.1 Å². The number of fused-ring (bicyclic) bond motifs is 1. The van der Waals surface area contributed by atoms with E-state index in [2.05, 4.69) is 5.32 Å². The van der Waals surface area contributed by atoms with Gasteiger partial charge in [-0.3, -0.25) is 14.9 Å². The topological polar surface area (TPSA) is 69.7 Å². The van der Waals surface area contributed by atoms with E-state index in [1.54, 1.807) is 12.1 Å². The van der Waals surface area contributed by atoms with Gasteiger partial charge in [-0.2, -0.15) is 0 Å². The number of rotatable bonds is 2. The van der Waals surface area contributed by atoms with E-state index < -0.39 is 6.03 Å². The summed E-state index contributed by atoms with van der Waals surface area (Å²) in [5, 5.41) is 4.86. The monoisotopic (exact) mass is 293 g/mol. The third kappa shape index (κ3) is 2.02. The number of benzene rings is 1. The zero-order valence-corrected chi connectivity index (χ0v) is 11.3. The van der Waals surface area contributed by atoms with Gasteiger partial charge in [0, 0.05) is 17.9 Å². The van der Waals surface area contributed by atoms with Crippen molar-refractivity contribution in [3.63, 3.8) is 0 Å². The summed E-state index contributed by atoms with van der Waals surface area (Å²) >= 11 is 5.78. The molecule has 0 aliphatic carbocycles. The zero-order valence-electron chi connectivity index (χ0n) is 10.6. The Kier molecular flexibility index (Phi) is 3.10. The first-order valence-electron chi connectivity index (χ1n) is 6.21. The Morgan fingerprint density at radius 2 is 2.00 bits per heavy atom. The lowest BCUT2D eigenvalue weighted by atomic mass is 10.1. The molecule has 0 spiro atoms. The summed E-state index contributed by atoms with van der Waals surface area (Å²) in [5.74, 6) is -0.175. The van der Waals surface area contributed by atoms with Gasteiger partial charge in [0.05, 0.1) is 13.1 Å². The number of imide groups is 1. The molecule has 4 amide bonds. The fourth-order valence-corrected chi connectivity index (χ4v) is 2.59. The summed E-state index contributed by atoms with van der Waals surface area (Å²) < 4.78 is 0. The Morgan fingerprint density at radius 3 is 2.70 bits per heavy atom. The van der Waals surface area contributed by atoms with E-state index in [4.69, 9.17) is 11.6 Å². The molecular weight excluding hydrogens is 282 g/mol. The average Bonchev–Trinajstić information content (AvgIpc) is 2.75. The van der Waals surface area contributed by atoms with Crippen LogP contribution in [0.5, 0.6) is 0 Å². The molecule has 2 heterocycles. The molecule has 0 atom stereocenters. The van der Waals surface area contributed by atoms with Crippen LogP contribution in [-0.4, -0.2) is 34.4 Å². The summed E-state index contributed by atoms with van der Waals surface area (Å²) in [5.41, 5.74) is 2.35. The highest BCUT2D eigenvalue weighted by Gasteiger charge is 2.36. The molecule has 2 aliphatic heterocycles. The zero-order chi connectivity index (χ0) is 14.3. The smallest absolute Gasteiger partial charge is 0.276 e. The minimum Gasteiger partial charge on any atom is -0.276 e. The lowest BCUT2D eigenvalue weighted by Crippen LogP contribution is -2.56. The molecule has 6 nitrogen and oxygen atoms in total. The fraction of sp³-hybridized carbons (Fsp3) is 0.308. The lowest BCUT2D eigenvalue weighted by molar-refractivity contribution is -0.123. The highest BCUT2D eigenvalue weighted by molar-refractivity contribution is 6.17. The maximum absolute atomic E-state index is 12.3. The molecule has 2 aliphatic rings. The maximum Gasteiger partial charge on any atom is 0.342 e. The number of hydrogen-bond donors (Lipinski definition) is 1. The van der Waals surface area contributed by atoms with Crippen molar-refractivity contribution in [3.05, 3.63) is 34.9 Å². The number of carbonyl (C=O) groups excluding carboxylic acids is 3. The fourth-order valence-electron chi connectivity index (χ4n) is 2.42. The lowest BCUT2D eigenvalue weighted by Gasteiger charge is -2.33. The van der Waals surface area contributed by atoms with Crippen LogP contribution in [0, 0.1) is 0 Å². The second-order valence-electron chi connectivity index (χ2n) is 4.71. The number of urea groups is 1. The van der Waals surface area contributed by atoms with E-state index >= 15 is 0 Å². The van der Waals surface area contributed by atoms with Crippen molar-refractivity contribution in [2.75, 3.05) is 6.54 Å². The van der Waals surface area contributed by atoms with Crippen LogP contribution in [0.4, 0.5) is 4.79 Å². The van der Waals surface area contributed by atoms with Gasteiger partial charge in [0.2, 0.25) is 5.91 Å². The Hall–Kier alpha value is -2.08. The maximum atomic E-state index is 12.3. The van der Waals surface area contributed by atoms with Crippen molar-refractivity contribution in [1.29, 1.82) is 0 Å². The molecule has 1 aromatic carbocycles. The number of nitrogens with one attached hydrogen (secondary N) is 1. The number of hydrazine groups is 1. The molecule has 3 rings (SSSR count). The van der Waals surface area contributed by atoms with Gasteiger partial charge in [0.1, 0.15) is 0 Å². The van der Waals surface area contributed by atoms with Gasteiger partial charge in [-0.1, -0.05) is 12.1 Å². The second kappa shape index (κ2) is 4.79. The molecule has 0 bridgehead atoms. The summed E-state index contributed by atoms with van der Waals surface area (Å²) in [6.45, 7) is 0.535. The molecule has 7 heteroatoms. The van der Waals surface area contributed by atoms with Gasteiger partial charge >= 0.3 is 6.03 Å². The summed E-state index contributed by atoms with van der Waals surface area (Å²) in [6.07, 6.45) is 0.193. The van der Waals surface area contributed by atoms with Gasteiger partial charge < -0.3 is 0 Å². The highest BCUT2D eigenvalue weighted by Crippen LogP contribution is 2.26. The van der Waals surface area contributed by atoms with E-state index in [1.807, 2.05) is 6.07 Å². The van der Waals surface area contributed by atoms with E-state index in [1.165, 1.54) is 10.0 Å². The van der Waals surface area contributed by atoms with Crippen LogP contribution < -0.4 is 5.32 Å². The molecule has 0 radical (unpaired) electrons. The largest absolute Gasteiger partial charge is 0.342 e. The molecule has 1 N–H and O–H groups in total. The molecule has 104 valence electrons. The first kappa shape index (κ1) is 12.9. The first-order valence-corrected chi connectivity index (χ1v) is 6.74. The van der Waals surface area contributed by atoms with E-state index in [9.17, 15) is 14.4 Å². The number of hydrogen-bond acceptors (Lipinski definition) is 3. The number of alkyl halides is 1. The standard InChI is InChI=1S/C13H12ClN3O3/c14-6-8-1-2-10-9(5-8)7-17(12(10)19)16-4-3-11(18)15-13(16)20/h1-2,5H,3-4,6-7H2,(H,15,18,20). The molecule has 1 aromatic rings. The summed E-state index contributed by atoms with van der Waals surface area (Å²) in [7, 11) is 0. The third-order valence-corrected chi connectivity index (χ3v) is 3.74. The average molecular weight is 294 g/mol. The Bertz CT molecular complexity index is 617. The SMILES string of the molecule is O=C1CCN(N2Cc3cc(CCl)ccc3C2=O)C(=O)N1. The normalized spacial score (nSPS) is 18.4. The molecular formula is C13H12ClN3O3. The van der Waals surface area contributed by atoms with Gasteiger partial charge in [-0.25, -0.2) is 14.8 Å². The van der Waals surface area contributed by atoms with Gasteiger partial charge in [0.15, 0.2) is 0 Å². The number of amides is 4. The Morgan fingerprint density at radius 1 is 1.20 bits per heavy atom. The van der Waals surface area contributed by atoms with Crippen LogP contribution >= 0.6 is 11.6 Å². The van der Waals surface area contributed by atoms with Crippen molar-refractivity contribution >= 4 is 29.4 Å². The molecule has 1 fully saturated rings. The van der Waals surface area contributed by atoms with Crippen molar-refractivity contribution in [2.24, 2.45) is 0 Å². The Balaban J connectivity index is 1.86. The molecule has 0 unspecified atom stereocenters. The van der Waals surface area contributed by atoms with Gasteiger partial charge in [-0.05, 0) is 17.2 Å². The minimum atomic E-state index is -0.556. The van der Waals surface area contributed by atoms with E-state index in [0.29, 0.717) is 18.0 Å². The molecule has 20 heavy (non-hydrogen) atoms. The molecule has 1 saturated heterocycles. The number of nitrogens with zero attached hydrogens (tertiary/aromatic N) is 2. The third-order valence-electron chi connectivity index (χ3n) is 3.43. The van der Waals surface area contributed by atoms with Crippen molar-refractivity contribution < 1.29 is 14.4 Å². The first-order chi connectivity index (χ1) is 9.60. The summed E-state index contributed by atoms with van der Waals surface area (Å²) in [6, 6.07) is 4.84. The number of carbonyl (C=O) groups is 3. The second-order valence-corrected chi connectivity index (χ2v) is 4.98. The van der Waals surface area contributed by atoms with Crippen LogP contribution in [-0.2, 0) is 17.2 Å². The van der Waals surface area contributed by atoms with Crippen LogP contribution in [0.15, 0.2) is 18.2 Å². The van der Waals surface area contributed by atoms with Crippen LogP contribution in [0.25, 0.3) is 0 Å². The van der Waals surface area contributed by atoms with Gasteiger partial charge in [0.25, 0.3) is 5.91 Å². The van der Waals surface area contributed by atoms with Crippen LogP contribution in [0.2, 0.25) is 0 Å². The molecule has 0 aromatic heterocycles. The number of halogens is 1. The highest BCUT2D eigenvalue weighted by atomic mass is 35.5. The van der Waals surface area contributed by atoms with Gasteiger partial charge in [-0.15, -0.1) is 11.6 Å². The van der Waals surface area contributed by atoms with E-state index in [-0.39, 0.29) is 24.8 Å². The predicted molar refractivity (Wildman–Crippen MR) is 70.7 cm³/mol.